The number of nitrogens with zero attached hydrogens (tertiary/aromatic N) is 1. The summed E-state index contributed by atoms with van der Waals surface area (Å²) in [4.78, 5) is 15.1. The maximum atomic E-state index is 11.1. The van der Waals surface area contributed by atoms with E-state index in [4.69, 9.17) is 5.73 Å². The number of carbonyl (C=O) groups excluding carboxylic acids is 1. The van der Waals surface area contributed by atoms with E-state index in [9.17, 15) is 4.79 Å². The van der Waals surface area contributed by atoms with Crippen molar-refractivity contribution in [1.82, 2.24) is 10.3 Å². The van der Waals surface area contributed by atoms with Gasteiger partial charge in [-0.1, -0.05) is 6.07 Å². The van der Waals surface area contributed by atoms with Crippen LogP contribution in [0.25, 0.3) is 0 Å². The third-order valence-corrected chi connectivity index (χ3v) is 1.74. The quantitative estimate of drug-likeness (QED) is 0.669. The maximum Gasteiger partial charge on any atom is 0.237 e. The average molecular weight is 179 g/mol. The lowest BCUT2D eigenvalue weighted by atomic mass is 10.1. The topological polar surface area (TPSA) is 68.0 Å². The summed E-state index contributed by atoms with van der Waals surface area (Å²) in [5, 5.41) is 2.49. The highest BCUT2D eigenvalue weighted by atomic mass is 16.2. The predicted octanol–water partition coefficient (Wildman–Crippen LogP) is -0.303. The normalized spacial score (nSPS) is 12.2. The zero-order valence-corrected chi connectivity index (χ0v) is 7.53. The molecule has 0 bridgehead atoms. The predicted molar refractivity (Wildman–Crippen MR) is 50.0 cm³/mol. The summed E-state index contributed by atoms with van der Waals surface area (Å²) in [6, 6.07) is 5.04. The van der Waals surface area contributed by atoms with Crippen molar-refractivity contribution in [2.75, 3.05) is 7.05 Å². The van der Waals surface area contributed by atoms with Gasteiger partial charge in [-0.2, -0.15) is 0 Å². The van der Waals surface area contributed by atoms with Crippen molar-refractivity contribution in [2.24, 2.45) is 5.73 Å². The molecule has 1 rings (SSSR count). The largest absolute Gasteiger partial charge is 0.358 e. The highest BCUT2D eigenvalue weighted by molar-refractivity contribution is 5.81. The number of rotatable bonds is 3. The number of nitrogens with one attached hydrogen (secondary N) is 1. The summed E-state index contributed by atoms with van der Waals surface area (Å²) in [7, 11) is 1.57. The number of amides is 1. The van der Waals surface area contributed by atoms with Crippen LogP contribution in [0.3, 0.4) is 0 Å². The van der Waals surface area contributed by atoms with Gasteiger partial charge in [-0.3, -0.25) is 9.78 Å². The van der Waals surface area contributed by atoms with Crippen LogP contribution >= 0.6 is 0 Å². The van der Waals surface area contributed by atoms with Gasteiger partial charge in [0.2, 0.25) is 5.91 Å². The van der Waals surface area contributed by atoms with E-state index in [1.165, 1.54) is 0 Å². The lowest BCUT2D eigenvalue weighted by Crippen LogP contribution is -2.40. The lowest BCUT2D eigenvalue weighted by Gasteiger charge is -2.08. The smallest absolute Gasteiger partial charge is 0.237 e. The standard InChI is InChI=1S/C9H13N3O/c1-11-9(13)8(10)6-7-4-2-3-5-12-7/h2-5,8H,6,10H2,1H3,(H,11,13)/t8-/m1/s1. The Hall–Kier alpha value is -1.42. The first kappa shape index (κ1) is 9.67. The monoisotopic (exact) mass is 179 g/mol. The lowest BCUT2D eigenvalue weighted by molar-refractivity contribution is -0.121. The fourth-order valence-corrected chi connectivity index (χ4v) is 1.02. The molecule has 1 aromatic heterocycles. The van der Waals surface area contributed by atoms with Gasteiger partial charge in [0.15, 0.2) is 0 Å². The minimum atomic E-state index is -0.514. The molecule has 0 unspecified atom stereocenters. The van der Waals surface area contributed by atoms with Crippen molar-refractivity contribution in [3.8, 4) is 0 Å². The van der Waals surface area contributed by atoms with Crippen molar-refractivity contribution in [2.45, 2.75) is 12.5 Å². The summed E-state index contributed by atoms with van der Waals surface area (Å²) >= 11 is 0. The molecule has 0 saturated carbocycles. The van der Waals surface area contributed by atoms with Gasteiger partial charge in [-0.05, 0) is 12.1 Å². The molecule has 3 N–H and O–H groups in total. The van der Waals surface area contributed by atoms with Crippen LogP contribution in [0.2, 0.25) is 0 Å². The van der Waals surface area contributed by atoms with E-state index >= 15 is 0 Å². The van der Waals surface area contributed by atoms with E-state index in [-0.39, 0.29) is 5.91 Å². The number of carbonyl (C=O) groups is 1. The maximum absolute atomic E-state index is 11.1. The molecule has 4 heteroatoms. The minimum Gasteiger partial charge on any atom is -0.358 e. The van der Waals surface area contributed by atoms with Gasteiger partial charge in [0.25, 0.3) is 0 Å². The van der Waals surface area contributed by atoms with E-state index in [1.807, 2.05) is 18.2 Å². The van der Waals surface area contributed by atoms with Gasteiger partial charge in [0.05, 0.1) is 6.04 Å². The molecule has 1 heterocycles. The number of nitrogens with two attached hydrogens (primary N) is 1. The molecule has 1 amide bonds. The first-order valence-corrected chi connectivity index (χ1v) is 4.11. The Balaban J connectivity index is 2.55. The van der Waals surface area contributed by atoms with E-state index < -0.39 is 6.04 Å². The molecule has 0 radical (unpaired) electrons. The molecule has 0 saturated heterocycles. The number of hydrogen-bond donors (Lipinski definition) is 2. The second-order valence-corrected chi connectivity index (χ2v) is 2.75. The van der Waals surface area contributed by atoms with Crippen LogP contribution in [0, 0.1) is 0 Å². The van der Waals surface area contributed by atoms with Crippen molar-refractivity contribution in [3.05, 3.63) is 30.1 Å². The zero-order chi connectivity index (χ0) is 9.68. The van der Waals surface area contributed by atoms with Crippen LogP contribution in [0.5, 0.6) is 0 Å². The van der Waals surface area contributed by atoms with Crippen molar-refractivity contribution in [1.29, 1.82) is 0 Å². The molecule has 1 aromatic rings. The Morgan fingerprint density at radius 3 is 3.00 bits per heavy atom. The van der Waals surface area contributed by atoms with E-state index in [1.54, 1.807) is 13.2 Å². The summed E-state index contributed by atoms with van der Waals surface area (Å²) in [6.45, 7) is 0. The minimum absolute atomic E-state index is 0.161. The molecule has 4 nitrogen and oxygen atoms in total. The Bertz CT molecular complexity index is 273. The second-order valence-electron chi connectivity index (χ2n) is 2.75. The number of pyridine rings is 1. The molecule has 13 heavy (non-hydrogen) atoms. The van der Waals surface area contributed by atoms with E-state index in [2.05, 4.69) is 10.3 Å². The highest BCUT2D eigenvalue weighted by Crippen LogP contribution is 1.97. The third kappa shape index (κ3) is 2.83. The number of hydrogen-bond acceptors (Lipinski definition) is 3. The first-order valence-electron chi connectivity index (χ1n) is 4.11. The van der Waals surface area contributed by atoms with Gasteiger partial charge in [-0.25, -0.2) is 0 Å². The highest BCUT2D eigenvalue weighted by Gasteiger charge is 2.11. The molecule has 0 aliphatic heterocycles. The third-order valence-electron chi connectivity index (χ3n) is 1.74. The molecular weight excluding hydrogens is 166 g/mol. The molecule has 70 valence electrons. The van der Waals surface area contributed by atoms with Gasteiger partial charge in [0, 0.05) is 25.4 Å². The van der Waals surface area contributed by atoms with Crippen LogP contribution in [0.1, 0.15) is 5.69 Å². The Labute approximate surface area is 77.2 Å². The molecule has 0 spiro atoms. The van der Waals surface area contributed by atoms with Gasteiger partial charge in [0.1, 0.15) is 0 Å². The first-order chi connectivity index (χ1) is 6.24. The van der Waals surface area contributed by atoms with E-state index in [0.29, 0.717) is 6.42 Å². The SMILES string of the molecule is CNC(=O)[C@H](N)Cc1ccccn1. The van der Waals surface area contributed by atoms with Crippen molar-refractivity contribution < 1.29 is 4.79 Å². The Kier molecular flexibility index (Phi) is 3.40. The Morgan fingerprint density at radius 1 is 1.69 bits per heavy atom. The molecular formula is C9H13N3O. The van der Waals surface area contributed by atoms with Crippen LogP contribution in [0.4, 0.5) is 0 Å². The van der Waals surface area contributed by atoms with Crippen molar-refractivity contribution >= 4 is 5.91 Å². The molecule has 0 aliphatic carbocycles. The van der Waals surface area contributed by atoms with Gasteiger partial charge < -0.3 is 11.1 Å². The Morgan fingerprint density at radius 2 is 2.46 bits per heavy atom. The van der Waals surface area contributed by atoms with Gasteiger partial charge in [-0.15, -0.1) is 0 Å². The van der Waals surface area contributed by atoms with Crippen LogP contribution in [0.15, 0.2) is 24.4 Å². The molecule has 0 aliphatic rings. The van der Waals surface area contributed by atoms with Crippen LogP contribution in [-0.4, -0.2) is 24.0 Å². The summed E-state index contributed by atoms with van der Waals surface area (Å²) < 4.78 is 0. The molecule has 0 fully saturated rings. The number of likely N-dealkylation sites (N-methyl/N-ethyl adjacent to an activating group) is 1. The second kappa shape index (κ2) is 4.57. The van der Waals surface area contributed by atoms with E-state index in [0.717, 1.165) is 5.69 Å². The average Bonchev–Trinajstić information content (AvgIpc) is 2.18. The zero-order valence-electron chi connectivity index (χ0n) is 7.53. The summed E-state index contributed by atoms with van der Waals surface area (Å²) in [5.41, 5.74) is 6.44. The fraction of sp³-hybridized carbons (Fsp3) is 0.333. The number of aromatic nitrogens is 1. The van der Waals surface area contributed by atoms with Gasteiger partial charge >= 0.3 is 0 Å². The van der Waals surface area contributed by atoms with Crippen LogP contribution < -0.4 is 11.1 Å². The summed E-state index contributed by atoms with van der Waals surface area (Å²) in [5.74, 6) is -0.161. The fourth-order valence-electron chi connectivity index (χ4n) is 1.02. The molecule has 1 atom stereocenters. The van der Waals surface area contributed by atoms with Crippen LogP contribution in [-0.2, 0) is 11.2 Å². The van der Waals surface area contributed by atoms with Crippen molar-refractivity contribution in [3.63, 3.8) is 0 Å². The summed E-state index contributed by atoms with van der Waals surface area (Å²) in [6.07, 6.45) is 2.16. The molecule has 0 aromatic carbocycles.